The highest BCUT2D eigenvalue weighted by Crippen LogP contribution is 2.27. The molecule has 2 amide bonds. The zero-order valence-corrected chi connectivity index (χ0v) is 19.6. The maximum absolute atomic E-state index is 13.3. The van der Waals surface area contributed by atoms with Gasteiger partial charge in [-0.25, -0.2) is 0 Å². The minimum Gasteiger partial charge on any atom is -0.361 e. The molecule has 3 heterocycles. The molecule has 0 radical (unpaired) electrons. The Hall–Kier alpha value is -3.09. The molecule has 3 aromatic rings. The fourth-order valence-corrected chi connectivity index (χ4v) is 4.71. The number of rotatable bonds is 5. The quantitative estimate of drug-likeness (QED) is 0.606. The van der Waals surface area contributed by atoms with Crippen LogP contribution in [0.15, 0.2) is 28.8 Å². The lowest BCUT2D eigenvalue weighted by molar-refractivity contribution is -0.131. The van der Waals surface area contributed by atoms with Gasteiger partial charge in [0.2, 0.25) is 5.91 Å². The van der Waals surface area contributed by atoms with Gasteiger partial charge in [-0.1, -0.05) is 5.16 Å². The average molecular weight is 437 g/mol. The summed E-state index contributed by atoms with van der Waals surface area (Å²) < 4.78 is 7.25. The number of fused-ring (bicyclic) bond motifs is 1. The number of carbonyl (C=O) groups is 2. The second-order valence-electron chi connectivity index (χ2n) is 9.14. The standard InChI is InChI=1S/C25H32N4O3/c1-16-11-21(26-32-16)15-27(4)24(30)12-19-7-6-10-29(14-19)25(31)20-8-9-23-22(13-20)17(2)18(3)28(23)5/h8-9,11,13,19H,6-7,10,12,14-15H2,1-5H3/t19-/m0/s1. The van der Waals surface area contributed by atoms with Crippen molar-refractivity contribution >= 4 is 22.7 Å². The summed E-state index contributed by atoms with van der Waals surface area (Å²) in [6, 6.07) is 7.82. The average Bonchev–Trinajstić information content (AvgIpc) is 3.29. The number of likely N-dealkylation sites (tertiary alicyclic amines) is 1. The van der Waals surface area contributed by atoms with Gasteiger partial charge in [-0.2, -0.15) is 0 Å². The van der Waals surface area contributed by atoms with Crippen molar-refractivity contribution in [1.29, 1.82) is 0 Å². The van der Waals surface area contributed by atoms with Crippen LogP contribution in [-0.4, -0.2) is 51.5 Å². The Kier molecular flexibility index (Phi) is 6.09. The molecule has 1 saturated heterocycles. The molecule has 4 rings (SSSR count). The molecule has 0 unspecified atom stereocenters. The van der Waals surface area contributed by atoms with Crippen LogP contribution in [0.3, 0.4) is 0 Å². The molecule has 2 aromatic heterocycles. The first kappa shape index (κ1) is 22.1. The third-order valence-corrected chi connectivity index (χ3v) is 6.83. The van der Waals surface area contributed by atoms with Gasteiger partial charge in [0, 0.05) is 61.8 Å². The number of benzene rings is 1. The molecule has 7 nitrogen and oxygen atoms in total. The molecule has 0 bridgehead atoms. The minimum absolute atomic E-state index is 0.0522. The minimum atomic E-state index is 0.0522. The molecular formula is C25H32N4O3. The van der Waals surface area contributed by atoms with Crippen molar-refractivity contribution in [1.82, 2.24) is 19.5 Å². The van der Waals surface area contributed by atoms with E-state index in [4.69, 9.17) is 4.52 Å². The summed E-state index contributed by atoms with van der Waals surface area (Å²) >= 11 is 0. The Bertz CT molecular complexity index is 1160. The van der Waals surface area contributed by atoms with Gasteiger partial charge in [0.05, 0.1) is 6.54 Å². The highest BCUT2D eigenvalue weighted by atomic mass is 16.5. The molecule has 0 saturated carbocycles. The molecule has 0 aliphatic carbocycles. The summed E-state index contributed by atoms with van der Waals surface area (Å²) in [7, 11) is 3.84. The first-order valence-electron chi connectivity index (χ1n) is 11.3. The molecule has 1 aromatic carbocycles. The topological polar surface area (TPSA) is 71.6 Å². The first-order valence-corrected chi connectivity index (χ1v) is 11.3. The maximum Gasteiger partial charge on any atom is 0.253 e. The van der Waals surface area contributed by atoms with E-state index in [0.29, 0.717) is 19.5 Å². The summed E-state index contributed by atoms with van der Waals surface area (Å²) in [5.41, 5.74) is 5.04. The third kappa shape index (κ3) is 4.29. The van der Waals surface area contributed by atoms with E-state index in [1.165, 1.54) is 11.3 Å². The fourth-order valence-electron chi connectivity index (χ4n) is 4.71. The smallest absolute Gasteiger partial charge is 0.253 e. The van der Waals surface area contributed by atoms with Gasteiger partial charge in [-0.05, 0) is 63.3 Å². The van der Waals surface area contributed by atoms with Crippen LogP contribution in [0.2, 0.25) is 0 Å². The van der Waals surface area contributed by atoms with Crippen molar-refractivity contribution < 1.29 is 14.1 Å². The Balaban J connectivity index is 1.41. The van der Waals surface area contributed by atoms with Crippen molar-refractivity contribution in [3.63, 3.8) is 0 Å². The maximum atomic E-state index is 13.3. The van der Waals surface area contributed by atoms with Crippen LogP contribution in [0.4, 0.5) is 0 Å². The molecule has 7 heteroatoms. The van der Waals surface area contributed by atoms with Gasteiger partial charge >= 0.3 is 0 Å². The van der Waals surface area contributed by atoms with Crippen LogP contribution in [-0.2, 0) is 18.4 Å². The van der Waals surface area contributed by atoms with E-state index in [-0.39, 0.29) is 17.7 Å². The van der Waals surface area contributed by atoms with Crippen LogP contribution >= 0.6 is 0 Å². The Morgan fingerprint density at radius 2 is 2.00 bits per heavy atom. The number of carbonyl (C=O) groups excluding carboxylic acids is 2. The van der Waals surface area contributed by atoms with E-state index < -0.39 is 0 Å². The molecular weight excluding hydrogens is 404 g/mol. The third-order valence-electron chi connectivity index (χ3n) is 6.83. The Morgan fingerprint density at radius 3 is 2.72 bits per heavy atom. The van der Waals surface area contributed by atoms with Gasteiger partial charge in [0.15, 0.2) is 0 Å². The molecule has 1 aliphatic rings. The van der Waals surface area contributed by atoms with Gasteiger partial charge < -0.3 is 18.9 Å². The lowest BCUT2D eigenvalue weighted by atomic mass is 9.93. The first-order chi connectivity index (χ1) is 15.2. The summed E-state index contributed by atoms with van der Waals surface area (Å²) in [5, 5.41) is 5.09. The fraction of sp³-hybridized carbons (Fsp3) is 0.480. The normalized spacial score (nSPS) is 16.5. The summed E-state index contributed by atoms with van der Waals surface area (Å²) in [5.74, 6) is 1.03. The van der Waals surface area contributed by atoms with E-state index in [1.807, 2.05) is 36.1 Å². The van der Waals surface area contributed by atoms with Crippen molar-refractivity contribution in [2.45, 2.75) is 46.6 Å². The number of hydrogen-bond donors (Lipinski definition) is 0. The summed E-state index contributed by atoms with van der Waals surface area (Å²) in [6.45, 7) is 7.83. The predicted octanol–water partition coefficient (Wildman–Crippen LogP) is 3.99. The van der Waals surface area contributed by atoms with Gasteiger partial charge in [-0.15, -0.1) is 0 Å². The predicted molar refractivity (Wildman–Crippen MR) is 123 cm³/mol. The van der Waals surface area contributed by atoms with E-state index in [2.05, 4.69) is 30.6 Å². The molecule has 170 valence electrons. The lowest BCUT2D eigenvalue weighted by Gasteiger charge is -2.33. The van der Waals surface area contributed by atoms with Gasteiger partial charge in [0.25, 0.3) is 5.91 Å². The van der Waals surface area contributed by atoms with Crippen LogP contribution < -0.4 is 0 Å². The zero-order chi connectivity index (χ0) is 23.0. The van der Waals surface area contributed by atoms with E-state index in [9.17, 15) is 9.59 Å². The zero-order valence-electron chi connectivity index (χ0n) is 19.6. The highest BCUT2D eigenvalue weighted by molar-refractivity contribution is 5.99. The molecule has 32 heavy (non-hydrogen) atoms. The van der Waals surface area contributed by atoms with Crippen LogP contribution in [0.1, 0.15) is 52.3 Å². The monoisotopic (exact) mass is 436 g/mol. The van der Waals surface area contributed by atoms with Crippen LogP contribution in [0.25, 0.3) is 10.9 Å². The van der Waals surface area contributed by atoms with E-state index >= 15 is 0 Å². The largest absolute Gasteiger partial charge is 0.361 e. The molecule has 1 fully saturated rings. The van der Waals surface area contributed by atoms with Gasteiger partial charge in [0.1, 0.15) is 11.5 Å². The van der Waals surface area contributed by atoms with Crippen molar-refractivity contribution in [2.24, 2.45) is 13.0 Å². The second kappa shape index (κ2) is 8.81. The number of hydrogen-bond acceptors (Lipinski definition) is 4. The molecule has 1 atom stereocenters. The van der Waals surface area contributed by atoms with Gasteiger partial charge in [-0.3, -0.25) is 9.59 Å². The Labute approximate surface area is 189 Å². The number of nitrogens with zero attached hydrogens (tertiary/aromatic N) is 4. The number of aryl methyl sites for hydroxylation is 3. The number of amides is 2. The second-order valence-corrected chi connectivity index (χ2v) is 9.14. The molecule has 0 spiro atoms. The van der Waals surface area contributed by atoms with E-state index in [1.54, 1.807) is 11.9 Å². The number of aromatic nitrogens is 2. The van der Waals surface area contributed by atoms with Crippen LogP contribution in [0, 0.1) is 26.7 Å². The highest BCUT2D eigenvalue weighted by Gasteiger charge is 2.27. The lowest BCUT2D eigenvalue weighted by Crippen LogP contribution is -2.41. The van der Waals surface area contributed by atoms with Crippen LogP contribution in [0.5, 0.6) is 0 Å². The summed E-state index contributed by atoms with van der Waals surface area (Å²) in [6.07, 6.45) is 2.32. The molecule has 0 N–H and O–H groups in total. The Morgan fingerprint density at radius 1 is 1.22 bits per heavy atom. The van der Waals surface area contributed by atoms with Crippen molar-refractivity contribution in [2.75, 3.05) is 20.1 Å². The summed E-state index contributed by atoms with van der Waals surface area (Å²) in [4.78, 5) is 29.6. The SMILES string of the molecule is Cc1cc(CN(C)C(=O)C[C@@H]2CCCN(C(=O)c3ccc4c(c3)c(C)c(C)n4C)C2)no1. The molecule has 1 aliphatic heterocycles. The van der Waals surface area contributed by atoms with Crippen molar-refractivity contribution in [3.05, 3.63) is 52.5 Å². The van der Waals surface area contributed by atoms with Crippen molar-refractivity contribution in [3.8, 4) is 0 Å². The van der Waals surface area contributed by atoms with E-state index in [0.717, 1.165) is 47.3 Å². The number of piperidine rings is 1.